The number of nitrogens with one attached hydrogen (secondary N) is 1. The summed E-state index contributed by atoms with van der Waals surface area (Å²) in [5, 5.41) is 3.50. The van der Waals surface area contributed by atoms with Crippen LogP contribution in [0, 0.1) is 6.92 Å². The number of nitrogens with zero attached hydrogens (tertiary/aromatic N) is 2. The van der Waals surface area contributed by atoms with Gasteiger partial charge in [-0.15, -0.1) is 0 Å². The van der Waals surface area contributed by atoms with Gasteiger partial charge in [-0.1, -0.05) is 27.7 Å². The van der Waals surface area contributed by atoms with Crippen LogP contribution in [-0.4, -0.2) is 28.0 Å². The molecule has 19 heavy (non-hydrogen) atoms. The van der Waals surface area contributed by atoms with Crippen LogP contribution in [0.5, 0.6) is 0 Å². The molecule has 1 heterocycles. The van der Waals surface area contributed by atoms with E-state index in [-0.39, 0.29) is 5.41 Å². The van der Waals surface area contributed by atoms with E-state index in [0.717, 1.165) is 29.4 Å². The van der Waals surface area contributed by atoms with Crippen LogP contribution in [0.2, 0.25) is 0 Å². The van der Waals surface area contributed by atoms with Crippen molar-refractivity contribution in [1.29, 1.82) is 0 Å². The van der Waals surface area contributed by atoms with E-state index in [1.807, 2.05) is 18.7 Å². The Balaban J connectivity index is 3.09. The van der Waals surface area contributed by atoms with Crippen LogP contribution in [0.4, 0.5) is 11.6 Å². The van der Waals surface area contributed by atoms with Gasteiger partial charge in [-0.3, -0.25) is 0 Å². The highest BCUT2D eigenvalue weighted by Gasteiger charge is 2.21. The second-order valence-electron chi connectivity index (χ2n) is 5.86. The number of nitrogens with two attached hydrogens (primary N) is 1. The maximum Gasteiger partial charge on any atom is 0.138 e. The summed E-state index contributed by atoms with van der Waals surface area (Å²) in [5.41, 5.74) is 6.85. The van der Waals surface area contributed by atoms with Crippen LogP contribution in [0.1, 0.15) is 45.5 Å². The van der Waals surface area contributed by atoms with Gasteiger partial charge in [0.1, 0.15) is 17.5 Å². The van der Waals surface area contributed by atoms with Crippen molar-refractivity contribution in [2.45, 2.75) is 52.5 Å². The van der Waals surface area contributed by atoms with E-state index in [0.29, 0.717) is 11.9 Å². The summed E-state index contributed by atoms with van der Waals surface area (Å²) in [7, 11) is 0. The fourth-order valence-electron chi connectivity index (χ4n) is 1.67. The smallest absolute Gasteiger partial charge is 0.138 e. The quantitative estimate of drug-likeness (QED) is 0.868. The monoisotopic (exact) mass is 282 g/mol. The Morgan fingerprint density at radius 2 is 1.95 bits per heavy atom. The standard InChI is InChI=1S/C14H26N4S/c1-7-10(8-19-6)16-12-9(2)11(15)17-13(18-12)14(3,4)5/h10H,7-8H2,1-6H3,(H3,15,16,17,18). The second-order valence-corrected chi connectivity index (χ2v) is 6.77. The summed E-state index contributed by atoms with van der Waals surface area (Å²) in [5.74, 6) is 3.29. The third-order valence-electron chi connectivity index (χ3n) is 3.06. The van der Waals surface area contributed by atoms with E-state index in [9.17, 15) is 0 Å². The first-order chi connectivity index (χ1) is 8.79. The predicted octanol–water partition coefficient (Wildman–Crippen LogP) is 3.22. The van der Waals surface area contributed by atoms with Crippen molar-refractivity contribution in [2.75, 3.05) is 23.1 Å². The zero-order valence-electron chi connectivity index (χ0n) is 12.9. The normalized spacial score (nSPS) is 13.4. The maximum atomic E-state index is 6.01. The van der Waals surface area contributed by atoms with Crippen LogP contribution < -0.4 is 11.1 Å². The van der Waals surface area contributed by atoms with Crippen molar-refractivity contribution >= 4 is 23.4 Å². The molecule has 0 aliphatic heterocycles. The van der Waals surface area contributed by atoms with Gasteiger partial charge in [-0.25, -0.2) is 9.97 Å². The zero-order chi connectivity index (χ0) is 14.6. The van der Waals surface area contributed by atoms with Gasteiger partial charge in [0.05, 0.1) is 0 Å². The topological polar surface area (TPSA) is 63.8 Å². The van der Waals surface area contributed by atoms with Crippen LogP contribution >= 0.6 is 11.8 Å². The Kier molecular flexibility index (Phi) is 5.47. The van der Waals surface area contributed by atoms with Gasteiger partial charge < -0.3 is 11.1 Å². The third kappa shape index (κ3) is 4.27. The molecule has 0 bridgehead atoms. The Bertz CT molecular complexity index is 426. The van der Waals surface area contributed by atoms with E-state index in [2.05, 4.69) is 49.2 Å². The molecule has 1 atom stereocenters. The summed E-state index contributed by atoms with van der Waals surface area (Å²) in [6.45, 7) is 10.4. The molecule has 1 unspecified atom stereocenters. The highest BCUT2D eigenvalue weighted by molar-refractivity contribution is 7.98. The van der Waals surface area contributed by atoms with Crippen LogP contribution in [0.25, 0.3) is 0 Å². The lowest BCUT2D eigenvalue weighted by Gasteiger charge is -2.22. The fraction of sp³-hybridized carbons (Fsp3) is 0.714. The lowest BCUT2D eigenvalue weighted by Crippen LogP contribution is -2.25. The second kappa shape index (κ2) is 6.46. The lowest BCUT2D eigenvalue weighted by atomic mass is 9.95. The van der Waals surface area contributed by atoms with Crippen molar-refractivity contribution < 1.29 is 0 Å². The summed E-state index contributed by atoms with van der Waals surface area (Å²) < 4.78 is 0. The molecular weight excluding hydrogens is 256 g/mol. The van der Waals surface area contributed by atoms with Crippen molar-refractivity contribution in [3.8, 4) is 0 Å². The maximum absolute atomic E-state index is 6.01. The van der Waals surface area contributed by atoms with Gasteiger partial charge in [0, 0.05) is 22.8 Å². The average Bonchev–Trinajstić information content (AvgIpc) is 2.32. The SMILES string of the molecule is CCC(CSC)Nc1nc(C(C)(C)C)nc(N)c1C. The number of hydrogen-bond acceptors (Lipinski definition) is 5. The third-order valence-corrected chi connectivity index (χ3v) is 3.79. The number of nitrogen functional groups attached to an aromatic ring is 1. The van der Waals surface area contributed by atoms with Gasteiger partial charge >= 0.3 is 0 Å². The molecule has 1 aromatic heterocycles. The molecule has 0 fully saturated rings. The van der Waals surface area contributed by atoms with Crippen molar-refractivity contribution in [3.05, 3.63) is 11.4 Å². The first-order valence-corrected chi connectivity index (χ1v) is 8.09. The minimum Gasteiger partial charge on any atom is -0.383 e. The van der Waals surface area contributed by atoms with Gasteiger partial charge in [-0.2, -0.15) is 11.8 Å². The molecule has 108 valence electrons. The van der Waals surface area contributed by atoms with Crippen molar-refractivity contribution in [1.82, 2.24) is 9.97 Å². The Labute approximate surface area is 121 Å². The summed E-state index contributed by atoms with van der Waals surface area (Å²) >= 11 is 1.84. The molecule has 0 saturated heterocycles. The van der Waals surface area contributed by atoms with E-state index in [1.54, 1.807) is 0 Å². The number of hydrogen-bond donors (Lipinski definition) is 2. The van der Waals surface area contributed by atoms with E-state index in [1.165, 1.54) is 0 Å². The first kappa shape index (κ1) is 16.1. The van der Waals surface area contributed by atoms with Gasteiger partial charge in [-0.05, 0) is 19.6 Å². The number of thioether (sulfide) groups is 1. The lowest BCUT2D eigenvalue weighted by molar-refractivity contribution is 0.546. The minimum absolute atomic E-state index is 0.0978. The van der Waals surface area contributed by atoms with Crippen LogP contribution in [0.15, 0.2) is 0 Å². The molecule has 0 aromatic carbocycles. The molecular formula is C14H26N4S. The predicted molar refractivity (Wildman–Crippen MR) is 86.0 cm³/mol. The minimum atomic E-state index is -0.0978. The number of anilines is 2. The number of rotatable bonds is 5. The van der Waals surface area contributed by atoms with Gasteiger partial charge in [0.2, 0.25) is 0 Å². The van der Waals surface area contributed by atoms with Gasteiger partial charge in [0.25, 0.3) is 0 Å². The summed E-state index contributed by atoms with van der Waals surface area (Å²) in [6, 6.07) is 0.413. The first-order valence-electron chi connectivity index (χ1n) is 6.69. The Morgan fingerprint density at radius 1 is 1.32 bits per heavy atom. The molecule has 0 aliphatic rings. The highest BCUT2D eigenvalue weighted by Crippen LogP contribution is 2.25. The molecule has 5 heteroatoms. The Hall–Kier alpha value is -0.970. The van der Waals surface area contributed by atoms with E-state index < -0.39 is 0 Å². The fourth-order valence-corrected chi connectivity index (χ4v) is 2.39. The highest BCUT2D eigenvalue weighted by atomic mass is 32.2. The largest absolute Gasteiger partial charge is 0.383 e. The Morgan fingerprint density at radius 3 is 2.42 bits per heavy atom. The van der Waals surface area contributed by atoms with Crippen molar-refractivity contribution in [2.24, 2.45) is 0 Å². The summed E-state index contributed by atoms with van der Waals surface area (Å²) in [4.78, 5) is 9.07. The number of aromatic nitrogens is 2. The molecule has 0 spiro atoms. The molecule has 0 aliphatic carbocycles. The van der Waals surface area contributed by atoms with Crippen LogP contribution in [-0.2, 0) is 5.41 Å². The molecule has 4 nitrogen and oxygen atoms in total. The average molecular weight is 282 g/mol. The van der Waals surface area contributed by atoms with E-state index in [4.69, 9.17) is 5.73 Å². The van der Waals surface area contributed by atoms with Crippen molar-refractivity contribution in [3.63, 3.8) is 0 Å². The van der Waals surface area contributed by atoms with Crippen LogP contribution in [0.3, 0.4) is 0 Å². The van der Waals surface area contributed by atoms with Gasteiger partial charge in [0.15, 0.2) is 0 Å². The zero-order valence-corrected chi connectivity index (χ0v) is 13.7. The molecule has 1 aromatic rings. The molecule has 3 N–H and O–H groups in total. The molecule has 0 radical (unpaired) electrons. The molecule has 1 rings (SSSR count). The molecule has 0 saturated carbocycles. The molecule has 0 amide bonds. The van der Waals surface area contributed by atoms with E-state index >= 15 is 0 Å². The summed E-state index contributed by atoms with van der Waals surface area (Å²) in [6.07, 6.45) is 3.18.